The maximum absolute atomic E-state index is 14.1. The summed E-state index contributed by atoms with van der Waals surface area (Å²) in [5.74, 6) is -0.809. The maximum atomic E-state index is 14.1. The van der Waals surface area contributed by atoms with Crippen molar-refractivity contribution < 1.29 is 22.3 Å². The van der Waals surface area contributed by atoms with Crippen LogP contribution in [0.15, 0.2) is 47.4 Å². The second kappa shape index (κ2) is 9.36. The highest BCUT2D eigenvalue weighted by molar-refractivity contribution is 7.92. The Morgan fingerprint density at radius 3 is 2.44 bits per heavy atom. The SMILES string of the molecule is CCCCCNC(=O)c1ccc(F)c(S(=O)(=O)Nc2ccc(OC)cc2)c1. The van der Waals surface area contributed by atoms with Gasteiger partial charge >= 0.3 is 0 Å². The van der Waals surface area contributed by atoms with E-state index in [1.807, 2.05) is 0 Å². The van der Waals surface area contributed by atoms with Gasteiger partial charge in [0.15, 0.2) is 0 Å². The molecule has 0 radical (unpaired) electrons. The number of unbranched alkanes of at least 4 members (excludes halogenated alkanes) is 2. The molecule has 0 aromatic heterocycles. The van der Waals surface area contributed by atoms with E-state index in [1.54, 1.807) is 12.1 Å². The second-order valence-electron chi connectivity index (χ2n) is 5.94. The fourth-order valence-electron chi connectivity index (χ4n) is 2.40. The molecule has 27 heavy (non-hydrogen) atoms. The van der Waals surface area contributed by atoms with Crippen LogP contribution in [0.25, 0.3) is 0 Å². The number of carbonyl (C=O) groups excluding carboxylic acids is 1. The smallest absolute Gasteiger partial charge is 0.264 e. The van der Waals surface area contributed by atoms with Crippen LogP contribution in [0.5, 0.6) is 5.75 Å². The molecule has 0 spiro atoms. The van der Waals surface area contributed by atoms with Crippen LogP contribution in [0.4, 0.5) is 10.1 Å². The summed E-state index contributed by atoms with van der Waals surface area (Å²) < 4.78 is 46.5. The summed E-state index contributed by atoms with van der Waals surface area (Å²) >= 11 is 0. The number of hydrogen-bond acceptors (Lipinski definition) is 4. The number of anilines is 1. The van der Waals surface area contributed by atoms with E-state index >= 15 is 0 Å². The molecule has 1 amide bonds. The van der Waals surface area contributed by atoms with Crippen molar-refractivity contribution in [3.8, 4) is 5.75 Å². The molecule has 0 unspecified atom stereocenters. The Morgan fingerprint density at radius 1 is 1.11 bits per heavy atom. The molecule has 2 N–H and O–H groups in total. The summed E-state index contributed by atoms with van der Waals surface area (Å²) in [7, 11) is -2.70. The number of benzene rings is 2. The third-order valence-electron chi connectivity index (χ3n) is 3.89. The fraction of sp³-hybridized carbons (Fsp3) is 0.316. The minimum Gasteiger partial charge on any atom is -0.497 e. The van der Waals surface area contributed by atoms with E-state index in [2.05, 4.69) is 17.0 Å². The number of ether oxygens (including phenoxy) is 1. The highest BCUT2D eigenvalue weighted by Crippen LogP contribution is 2.22. The van der Waals surface area contributed by atoms with Crippen molar-refractivity contribution in [1.29, 1.82) is 0 Å². The molecule has 8 heteroatoms. The molecule has 146 valence electrons. The molecule has 0 aliphatic heterocycles. The Balaban J connectivity index is 2.18. The molecule has 0 bridgehead atoms. The molecule has 0 aliphatic carbocycles. The van der Waals surface area contributed by atoms with Gasteiger partial charge in [-0.15, -0.1) is 0 Å². The van der Waals surface area contributed by atoms with Gasteiger partial charge in [-0.05, 0) is 48.9 Å². The first kappa shape index (κ1) is 20.7. The Labute approximate surface area is 158 Å². The van der Waals surface area contributed by atoms with Gasteiger partial charge in [-0.1, -0.05) is 19.8 Å². The van der Waals surface area contributed by atoms with Crippen molar-refractivity contribution in [3.63, 3.8) is 0 Å². The molecule has 2 aromatic carbocycles. The monoisotopic (exact) mass is 394 g/mol. The molecular weight excluding hydrogens is 371 g/mol. The maximum Gasteiger partial charge on any atom is 0.264 e. The first-order valence-corrected chi connectivity index (χ1v) is 10.1. The van der Waals surface area contributed by atoms with E-state index in [1.165, 1.54) is 25.3 Å². The number of hydrogen-bond donors (Lipinski definition) is 2. The standard InChI is InChI=1S/C19H23FN2O4S/c1-3-4-5-12-21-19(23)14-6-11-17(20)18(13-14)27(24,25)22-15-7-9-16(26-2)10-8-15/h6-11,13,22H,3-5,12H2,1-2H3,(H,21,23). The normalized spacial score (nSPS) is 11.1. The number of methoxy groups -OCH3 is 1. The molecule has 0 saturated carbocycles. The Bertz CT molecular complexity index is 883. The van der Waals surface area contributed by atoms with Crippen LogP contribution >= 0.6 is 0 Å². The van der Waals surface area contributed by atoms with E-state index in [-0.39, 0.29) is 11.3 Å². The summed E-state index contributed by atoms with van der Waals surface area (Å²) in [6.45, 7) is 2.53. The van der Waals surface area contributed by atoms with Gasteiger partial charge in [-0.3, -0.25) is 9.52 Å². The van der Waals surface area contributed by atoms with E-state index in [9.17, 15) is 17.6 Å². The van der Waals surface area contributed by atoms with Gasteiger partial charge in [0.2, 0.25) is 0 Å². The first-order valence-electron chi connectivity index (χ1n) is 8.62. The van der Waals surface area contributed by atoms with Crippen LogP contribution < -0.4 is 14.8 Å². The van der Waals surface area contributed by atoms with Crippen LogP contribution in [0.3, 0.4) is 0 Å². The molecule has 0 aliphatic rings. The lowest BCUT2D eigenvalue weighted by Gasteiger charge is -2.11. The van der Waals surface area contributed by atoms with E-state index in [0.29, 0.717) is 12.3 Å². The number of rotatable bonds is 9. The number of sulfonamides is 1. The van der Waals surface area contributed by atoms with Gasteiger partial charge in [-0.2, -0.15) is 0 Å². The largest absolute Gasteiger partial charge is 0.497 e. The van der Waals surface area contributed by atoms with Gasteiger partial charge in [0.05, 0.1) is 7.11 Å². The van der Waals surface area contributed by atoms with Gasteiger partial charge in [-0.25, -0.2) is 12.8 Å². The molecule has 2 rings (SSSR count). The predicted octanol–water partition coefficient (Wildman–Crippen LogP) is 3.56. The second-order valence-corrected chi connectivity index (χ2v) is 7.59. The van der Waals surface area contributed by atoms with Gasteiger partial charge in [0, 0.05) is 17.8 Å². The highest BCUT2D eigenvalue weighted by atomic mass is 32.2. The van der Waals surface area contributed by atoms with Crippen molar-refractivity contribution in [3.05, 3.63) is 53.8 Å². The van der Waals surface area contributed by atoms with Crippen molar-refractivity contribution in [2.24, 2.45) is 0 Å². The Hall–Kier alpha value is -2.61. The zero-order valence-corrected chi connectivity index (χ0v) is 16.1. The molecule has 0 fully saturated rings. The molecule has 6 nitrogen and oxygen atoms in total. The third kappa shape index (κ3) is 5.68. The summed E-state index contributed by atoms with van der Waals surface area (Å²) in [4.78, 5) is 11.6. The lowest BCUT2D eigenvalue weighted by molar-refractivity contribution is 0.0952. The van der Waals surface area contributed by atoms with Crippen LogP contribution in [0.2, 0.25) is 0 Å². The minimum absolute atomic E-state index is 0.0861. The zero-order valence-electron chi connectivity index (χ0n) is 15.3. The first-order chi connectivity index (χ1) is 12.9. The summed E-state index contributed by atoms with van der Waals surface area (Å²) in [6.07, 6.45) is 2.83. The van der Waals surface area contributed by atoms with Crippen molar-refractivity contribution >= 4 is 21.6 Å². The topological polar surface area (TPSA) is 84.5 Å². The van der Waals surface area contributed by atoms with Gasteiger partial charge in [0.25, 0.3) is 15.9 Å². The molecule has 0 saturated heterocycles. The van der Waals surface area contributed by atoms with E-state index in [0.717, 1.165) is 31.4 Å². The highest BCUT2D eigenvalue weighted by Gasteiger charge is 2.21. The molecular formula is C19H23FN2O4S. The zero-order chi connectivity index (χ0) is 19.9. The fourth-order valence-corrected chi connectivity index (χ4v) is 3.56. The summed E-state index contributed by atoms with van der Waals surface area (Å²) in [6, 6.07) is 9.43. The van der Waals surface area contributed by atoms with Crippen LogP contribution in [0.1, 0.15) is 36.5 Å². The van der Waals surface area contributed by atoms with Gasteiger partial charge in [0.1, 0.15) is 16.5 Å². The van der Waals surface area contributed by atoms with Crippen molar-refractivity contribution in [2.45, 2.75) is 31.1 Å². The van der Waals surface area contributed by atoms with Crippen LogP contribution in [-0.4, -0.2) is 28.0 Å². The van der Waals surface area contributed by atoms with Crippen molar-refractivity contribution in [2.75, 3.05) is 18.4 Å². The Kier molecular flexibility index (Phi) is 7.18. The average molecular weight is 394 g/mol. The lowest BCUT2D eigenvalue weighted by atomic mass is 10.2. The Morgan fingerprint density at radius 2 is 1.81 bits per heavy atom. The molecule has 0 atom stereocenters. The minimum atomic E-state index is -4.19. The third-order valence-corrected chi connectivity index (χ3v) is 5.29. The lowest BCUT2D eigenvalue weighted by Crippen LogP contribution is -2.25. The van der Waals surface area contributed by atoms with E-state index < -0.39 is 26.6 Å². The quantitative estimate of drug-likeness (QED) is 0.637. The van der Waals surface area contributed by atoms with Gasteiger partial charge < -0.3 is 10.1 Å². The molecule has 0 heterocycles. The van der Waals surface area contributed by atoms with E-state index in [4.69, 9.17) is 4.74 Å². The average Bonchev–Trinajstić information content (AvgIpc) is 2.65. The number of halogens is 1. The number of carbonyl (C=O) groups is 1. The summed E-state index contributed by atoms with van der Waals surface area (Å²) in [5.41, 5.74) is 0.340. The van der Waals surface area contributed by atoms with Crippen molar-refractivity contribution in [1.82, 2.24) is 5.32 Å². The predicted molar refractivity (Wildman–Crippen MR) is 102 cm³/mol. The number of amides is 1. The molecule has 2 aromatic rings. The summed E-state index contributed by atoms with van der Waals surface area (Å²) in [5, 5.41) is 2.70. The number of nitrogens with one attached hydrogen (secondary N) is 2. The van der Waals surface area contributed by atoms with Crippen LogP contribution in [0, 0.1) is 5.82 Å². The van der Waals surface area contributed by atoms with Crippen LogP contribution in [-0.2, 0) is 10.0 Å².